The summed E-state index contributed by atoms with van der Waals surface area (Å²) in [7, 11) is 0. The van der Waals surface area contributed by atoms with Gasteiger partial charge in [-0.1, -0.05) is 0 Å². The van der Waals surface area contributed by atoms with Gasteiger partial charge in [0.1, 0.15) is 0 Å². The maximum Gasteiger partial charge on any atom is 0.167 e. The first-order valence-electron chi connectivity index (χ1n) is 6.63. The highest BCUT2D eigenvalue weighted by Gasteiger charge is 2.16. The predicted octanol–water partition coefficient (Wildman–Crippen LogP) is 2.64. The molecule has 0 spiro atoms. The Hall–Kier alpha value is -1.49. The maximum atomic E-state index is 13.7. The van der Waals surface area contributed by atoms with Crippen LogP contribution in [0.5, 0.6) is 5.75 Å². The molecule has 5 heteroatoms. The molecule has 4 nitrogen and oxygen atoms in total. The minimum atomic E-state index is -0.430. The van der Waals surface area contributed by atoms with Crippen molar-refractivity contribution in [1.82, 2.24) is 0 Å². The van der Waals surface area contributed by atoms with Crippen LogP contribution >= 0.6 is 0 Å². The SMILES string of the molecule is CC(C)Oc1cc(NCC2CCOC2)c(N)cc1F. The largest absolute Gasteiger partial charge is 0.488 e. The zero-order valence-corrected chi connectivity index (χ0v) is 11.4. The minimum absolute atomic E-state index is 0.0748. The van der Waals surface area contributed by atoms with Crippen LogP contribution in [-0.4, -0.2) is 25.9 Å². The number of nitrogens with one attached hydrogen (secondary N) is 1. The van der Waals surface area contributed by atoms with Crippen molar-refractivity contribution in [3.8, 4) is 5.75 Å². The van der Waals surface area contributed by atoms with Gasteiger partial charge in [0.15, 0.2) is 11.6 Å². The number of ether oxygens (including phenoxy) is 2. The number of nitrogen functional groups attached to an aromatic ring is 1. The van der Waals surface area contributed by atoms with Gasteiger partial charge in [-0.25, -0.2) is 4.39 Å². The van der Waals surface area contributed by atoms with E-state index in [1.807, 2.05) is 13.8 Å². The van der Waals surface area contributed by atoms with E-state index < -0.39 is 5.82 Å². The van der Waals surface area contributed by atoms with Gasteiger partial charge in [-0.05, 0) is 20.3 Å². The van der Waals surface area contributed by atoms with Crippen LogP contribution < -0.4 is 15.8 Å². The van der Waals surface area contributed by atoms with Crippen molar-refractivity contribution >= 4 is 11.4 Å². The first-order chi connectivity index (χ1) is 9.06. The molecular weight excluding hydrogens is 247 g/mol. The Morgan fingerprint density at radius 3 is 2.95 bits per heavy atom. The molecular formula is C14H21FN2O2. The molecule has 0 saturated carbocycles. The lowest BCUT2D eigenvalue weighted by atomic mass is 10.1. The van der Waals surface area contributed by atoms with Gasteiger partial charge in [-0.2, -0.15) is 0 Å². The summed E-state index contributed by atoms with van der Waals surface area (Å²) >= 11 is 0. The lowest BCUT2D eigenvalue weighted by Gasteiger charge is -2.16. The number of benzene rings is 1. The summed E-state index contributed by atoms with van der Waals surface area (Å²) in [5, 5.41) is 3.24. The first-order valence-corrected chi connectivity index (χ1v) is 6.63. The molecule has 1 fully saturated rings. The van der Waals surface area contributed by atoms with E-state index in [0.29, 0.717) is 17.3 Å². The summed E-state index contributed by atoms with van der Waals surface area (Å²) in [5.41, 5.74) is 6.92. The molecule has 1 aromatic rings. The van der Waals surface area contributed by atoms with Crippen LogP contribution in [0.3, 0.4) is 0 Å². The van der Waals surface area contributed by atoms with Gasteiger partial charge >= 0.3 is 0 Å². The molecule has 0 radical (unpaired) electrons. The Balaban J connectivity index is 2.05. The van der Waals surface area contributed by atoms with E-state index in [9.17, 15) is 4.39 Å². The van der Waals surface area contributed by atoms with Crippen LogP contribution in [-0.2, 0) is 4.74 Å². The average molecular weight is 268 g/mol. The van der Waals surface area contributed by atoms with Gasteiger partial charge in [0.25, 0.3) is 0 Å². The molecule has 3 N–H and O–H groups in total. The molecule has 0 aromatic heterocycles. The Bertz CT molecular complexity index is 432. The molecule has 0 aliphatic carbocycles. The van der Waals surface area contributed by atoms with Crippen molar-refractivity contribution in [2.75, 3.05) is 30.8 Å². The highest BCUT2D eigenvalue weighted by atomic mass is 19.1. The Labute approximate surface area is 113 Å². The van der Waals surface area contributed by atoms with Crippen LogP contribution in [0.4, 0.5) is 15.8 Å². The zero-order chi connectivity index (χ0) is 13.8. The highest BCUT2D eigenvalue weighted by Crippen LogP contribution is 2.29. The zero-order valence-electron chi connectivity index (χ0n) is 11.4. The van der Waals surface area contributed by atoms with Crippen LogP contribution in [0.15, 0.2) is 12.1 Å². The predicted molar refractivity (Wildman–Crippen MR) is 74.0 cm³/mol. The van der Waals surface area contributed by atoms with Crippen molar-refractivity contribution in [3.05, 3.63) is 17.9 Å². The number of nitrogens with two attached hydrogens (primary N) is 1. The third-order valence-electron chi connectivity index (χ3n) is 3.07. The Morgan fingerprint density at radius 1 is 1.53 bits per heavy atom. The number of rotatable bonds is 5. The van der Waals surface area contributed by atoms with Gasteiger partial charge in [-0.15, -0.1) is 0 Å². The molecule has 1 aliphatic rings. The molecule has 1 unspecified atom stereocenters. The van der Waals surface area contributed by atoms with Gasteiger partial charge in [0.2, 0.25) is 0 Å². The van der Waals surface area contributed by atoms with Crippen molar-refractivity contribution in [1.29, 1.82) is 0 Å². The fraction of sp³-hybridized carbons (Fsp3) is 0.571. The normalized spacial score (nSPS) is 18.8. The molecule has 1 atom stereocenters. The van der Waals surface area contributed by atoms with Crippen LogP contribution in [0.1, 0.15) is 20.3 Å². The number of halogens is 1. The second-order valence-corrected chi connectivity index (χ2v) is 5.15. The summed E-state index contributed by atoms with van der Waals surface area (Å²) in [6, 6.07) is 2.92. The van der Waals surface area contributed by atoms with Crippen molar-refractivity contribution in [2.24, 2.45) is 5.92 Å². The van der Waals surface area contributed by atoms with Crippen LogP contribution in [0, 0.1) is 11.7 Å². The van der Waals surface area contributed by atoms with Gasteiger partial charge < -0.3 is 20.5 Å². The fourth-order valence-corrected chi connectivity index (χ4v) is 2.06. The van der Waals surface area contributed by atoms with E-state index in [4.69, 9.17) is 15.2 Å². The standard InChI is InChI=1S/C14H21FN2O2/c1-9(2)19-14-6-13(12(16)5-11(14)15)17-7-10-3-4-18-8-10/h5-6,9-10,17H,3-4,7-8,16H2,1-2H3. The molecule has 0 bridgehead atoms. The molecule has 106 valence electrons. The minimum Gasteiger partial charge on any atom is -0.488 e. The number of hydrogen-bond donors (Lipinski definition) is 2. The summed E-state index contributed by atoms with van der Waals surface area (Å²) < 4.78 is 24.4. The molecule has 1 aromatic carbocycles. The Kier molecular flexibility index (Phi) is 4.47. The Morgan fingerprint density at radius 2 is 2.32 bits per heavy atom. The maximum absolute atomic E-state index is 13.7. The number of anilines is 2. The van der Waals surface area contributed by atoms with E-state index in [1.165, 1.54) is 6.07 Å². The average Bonchev–Trinajstić information content (AvgIpc) is 2.83. The highest BCUT2D eigenvalue weighted by molar-refractivity contribution is 5.68. The molecule has 1 aliphatic heterocycles. The molecule has 2 rings (SSSR count). The summed E-state index contributed by atoms with van der Waals surface area (Å²) in [6.07, 6.45) is 0.970. The van der Waals surface area contributed by atoms with Gasteiger partial charge in [0.05, 0.1) is 24.1 Å². The lowest BCUT2D eigenvalue weighted by Crippen LogP contribution is -2.15. The summed E-state index contributed by atoms with van der Waals surface area (Å²) in [6.45, 7) is 6.07. The van der Waals surface area contributed by atoms with E-state index in [-0.39, 0.29) is 11.9 Å². The molecule has 19 heavy (non-hydrogen) atoms. The van der Waals surface area contributed by atoms with Crippen molar-refractivity contribution in [2.45, 2.75) is 26.4 Å². The summed E-state index contributed by atoms with van der Waals surface area (Å²) in [5.74, 6) is 0.286. The quantitative estimate of drug-likeness (QED) is 0.806. The third kappa shape index (κ3) is 3.73. The molecule has 0 amide bonds. The molecule has 1 saturated heterocycles. The third-order valence-corrected chi connectivity index (χ3v) is 3.07. The second-order valence-electron chi connectivity index (χ2n) is 5.15. The molecule has 1 heterocycles. The van der Waals surface area contributed by atoms with Gasteiger partial charge in [0, 0.05) is 31.2 Å². The topological polar surface area (TPSA) is 56.5 Å². The smallest absolute Gasteiger partial charge is 0.167 e. The van der Waals surface area contributed by atoms with Crippen LogP contribution in [0.25, 0.3) is 0 Å². The summed E-state index contributed by atoms with van der Waals surface area (Å²) in [4.78, 5) is 0. The second kappa shape index (κ2) is 6.10. The van der Waals surface area contributed by atoms with Crippen molar-refractivity contribution < 1.29 is 13.9 Å². The van der Waals surface area contributed by atoms with E-state index in [2.05, 4.69) is 5.32 Å². The van der Waals surface area contributed by atoms with Gasteiger partial charge in [-0.3, -0.25) is 0 Å². The van der Waals surface area contributed by atoms with E-state index >= 15 is 0 Å². The van der Waals surface area contributed by atoms with Crippen LogP contribution in [0.2, 0.25) is 0 Å². The lowest BCUT2D eigenvalue weighted by molar-refractivity contribution is 0.187. The first kappa shape index (κ1) is 13.9. The van der Waals surface area contributed by atoms with Crippen molar-refractivity contribution in [3.63, 3.8) is 0 Å². The fourth-order valence-electron chi connectivity index (χ4n) is 2.06. The monoisotopic (exact) mass is 268 g/mol. The number of hydrogen-bond acceptors (Lipinski definition) is 4. The van der Waals surface area contributed by atoms with E-state index in [0.717, 1.165) is 26.2 Å². The van der Waals surface area contributed by atoms with E-state index in [1.54, 1.807) is 6.07 Å².